The number of hydrogen-bond acceptors (Lipinski definition) is 6. The first-order chi connectivity index (χ1) is 10.9. The molecular formula is C15H21N5O2S. The van der Waals surface area contributed by atoms with E-state index in [0.29, 0.717) is 12.4 Å². The van der Waals surface area contributed by atoms with E-state index >= 15 is 0 Å². The zero-order valence-electron chi connectivity index (χ0n) is 13.4. The highest BCUT2D eigenvalue weighted by Crippen LogP contribution is 2.12. The van der Waals surface area contributed by atoms with Crippen molar-refractivity contribution in [3.63, 3.8) is 0 Å². The molecule has 0 saturated heterocycles. The van der Waals surface area contributed by atoms with Gasteiger partial charge < -0.3 is 10.2 Å². The summed E-state index contributed by atoms with van der Waals surface area (Å²) in [6.45, 7) is 2.58. The third-order valence-corrected chi connectivity index (χ3v) is 4.69. The van der Waals surface area contributed by atoms with E-state index in [4.69, 9.17) is 0 Å². The van der Waals surface area contributed by atoms with Crippen molar-refractivity contribution in [1.29, 1.82) is 0 Å². The molecule has 0 amide bonds. The van der Waals surface area contributed by atoms with Crippen molar-refractivity contribution in [3.8, 4) is 0 Å². The van der Waals surface area contributed by atoms with Gasteiger partial charge in [0.25, 0.3) is 0 Å². The number of nitrogens with zero attached hydrogens (tertiary/aromatic N) is 3. The smallest absolute Gasteiger partial charge is 0.240 e. The first-order valence-corrected chi connectivity index (χ1v) is 8.67. The van der Waals surface area contributed by atoms with Gasteiger partial charge in [0.1, 0.15) is 0 Å². The third kappa shape index (κ3) is 4.90. The molecule has 0 spiro atoms. The molecule has 8 heteroatoms. The number of sulfonamides is 1. The van der Waals surface area contributed by atoms with Gasteiger partial charge in [0.15, 0.2) is 5.82 Å². The highest BCUT2D eigenvalue weighted by atomic mass is 32.2. The van der Waals surface area contributed by atoms with Gasteiger partial charge in [-0.1, -0.05) is 17.7 Å². The van der Waals surface area contributed by atoms with Crippen LogP contribution in [0.3, 0.4) is 0 Å². The Labute approximate surface area is 136 Å². The minimum Gasteiger partial charge on any atom is -0.376 e. The Morgan fingerprint density at radius 1 is 1.13 bits per heavy atom. The first-order valence-electron chi connectivity index (χ1n) is 7.19. The Kier molecular flexibility index (Phi) is 5.51. The zero-order chi connectivity index (χ0) is 16.9. The Bertz CT molecular complexity index is 745. The molecule has 0 unspecified atom stereocenters. The maximum Gasteiger partial charge on any atom is 0.240 e. The van der Waals surface area contributed by atoms with E-state index in [0.717, 1.165) is 11.3 Å². The van der Waals surface area contributed by atoms with Gasteiger partial charge in [-0.2, -0.15) is 5.10 Å². The van der Waals surface area contributed by atoms with Crippen molar-refractivity contribution in [1.82, 2.24) is 14.9 Å². The van der Waals surface area contributed by atoms with Gasteiger partial charge in [0.2, 0.25) is 10.0 Å². The second-order valence-electron chi connectivity index (χ2n) is 5.33. The molecule has 0 atom stereocenters. The number of rotatable bonds is 7. The summed E-state index contributed by atoms with van der Waals surface area (Å²) in [5.41, 5.74) is 1.94. The average Bonchev–Trinajstić information content (AvgIpc) is 2.52. The monoisotopic (exact) mass is 335 g/mol. The molecule has 0 aliphatic heterocycles. The molecule has 2 aromatic rings. The Morgan fingerprint density at radius 2 is 1.83 bits per heavy atom. The fourth-order valence-electron chi connectivity index (χ4n) is 1.86. The van der Waals surface area contributed by atoms with Gasteiger partial charge in [-0.05, 0) is 19.1 Å². The molecule has 2 rings (SSSR count). The SMILES string of the molecule is Cc1ccc(S(=O)(=O)NCCNc2cc(N(C)C)cnn2)cc1. The van der Waals surface area contributed by atoms with E-state index in [-0.39, 0.29) is 11.4 Å². The van der Waals surface area contributed by atoms with E-state index in [9.17, 15) is 8.42 Å². The molecule has 0 bridgehead atoms. The average molecular weight is 335 g/mol. The van der Waals surface area contributed by atoms with Gasteiger partial charge in [0.05, 0.1) is 16.8 Å². The Hall–Kier alpha value is -2.19. The third-order valence-electron chi connectivity index (χ3n) is 3.21. The standard InChI is InChI=1S/C15H21N5O2S/c1-12-4-6-14(7-5-12)23(21,22)18-9-8-16-15-10-13(20(2)3)11-17-19-15/h4-7,10-11,18H,8-9H2,1-3H3,(H,16,19). The second-order valence-corrected chi connectivity index (χ2v) is 7.10. The van der Waals surface area contributed by atoms with Gasteiger partial charge in [-0.15, -0.1) is 5.10 Å². The molecule has 0 saturated carbocycles. The number of benzene rings is 1. The zero-order valence-corrected chi connectivity index (χ0v) is 14.3. The first kappa shape index (κ1) is 17.2. The predicted octanol–water partition coefficient (Wildman–Crippen LogP) is 1.24. The largest absolute Gasteiger partial charge is 0.376 e. The lowest BCUT2D eigenvalue weighted by molar-refractivity contribution is 0.583. The summed E-state index contributed by atoms with van der Waals surface area (Å²) in [6.07, 6.45) is 1.66. The van der Waals surface area contributed by atoms with Crippen LogP contribution >= 0.6 is 0 Å². The van der Waals surface area contributed by atoms with E-state index in [1.165, 1.54) is 0 Å². The van der Waals surface area contributed by atoms with Crippen LogP contribution < -0.4 is 14.9 Å². The van der Waals surface area contributed by atoms with Crippen LogP contribution in [0.1, 0.15) is 5.56 Å². The van der Waals surface area contributed by atoms with Gasteiger partial charge in [0, 0.05) is 33.3 Å². The van der Waals surface area contributed by atoms with Crippen molar-refractivity contribution in [2.45, 2.75) is 11.8 Å². The Morgan fingerprint density at radius 3 is 2.48 bits per heavy atom. The van der Waals surface area contributed by atoms with Gasteiger partial charge in [-0.25, -0.2) is 13.1 Å². The fraction of sp³-hybridized carbons (Fsp3) is 0.333. The summed E-state index contributed by atoms with van der Waals surface area (Å²) in [4.78, 5) is 2.18. The van der Waals surface area contributed by atoms with Crippen LogP contribution in [0, 0.1) is 6.92 Å². The van der Waals surface area contributed by atoms with Crippen LogP contribution in [-0.4, -0.2) is 45.8 Å². The quantitative estimate of drug-likeness (QED) is 0.740. The summed E-state index contributed by atoms with van der Waals surface area (Å²) in [6, 6.07) is 8.58. The topological polar surface area (TPSA) is 87.2 Å². The van der Waals surface area contributed by atoms with Crippen molar-refractivity contribution < 1.29 is 8.42 Å². The summed E-state index contributed by atoms with van der Waals surface area (Å²) in [7, 11) is 0.339. The van der Waals surface area contributed by atoms with Crippen LogP contribution in [0.5, 0.6) is 0 Å². The lowest BCUT2D eigenvalue weighted by atomic mass is 10.2. The number of aromatic nitrogens is 2. The lowest BCUT2D eigenvalue weighted by Crippen LogP contribution is -2.29. The Balaban J connectivity index is 1.87. The summed E-state index contributed by atoms with van der Waals surface area (Å²) in [5, 5.41) is 10.9. The molecule has 0 aliphatic carbocycles. The molecule has 1 aromatic carbocycles. The van der Waals surface area contributed by atoms with Crippen LogP contribution in [-0.2, 0) is 10.0 Å². The van der Waals surface area contributed by atoms with Crippen LogP contribution in [0.15, 0.2) is 41.4 Å². The summed E-state index contributed by atoms with van der Waals surface area (Å²) in [5.74, 6) is 0.603. The maximum absolute atomic E-state index is 12.1. The van der Waals surface area contributed by atoms with Gasteiger partial charge >= 0.3 is 0 Å². The molecule has 0 fully saturated rings. The van der Waals surface area contributed by atoms with E-state index < -0.39 is 10.0 Å². The van der Waals surface area contributed by atoms with Crippen molar-refractivity contribution in [3.05, 3.63) is 42.1 Å². The van der Waals surface area contributed by atoms with E-state index in [1.54, 1.807) is 30.5 Å². The fourth-order valence-corrected chi connectivity index (χ4v) is 2.90. The number of hydrogen-bond donors (Lipinski definition) is 2. The van der Waals surface area contributed by atoms with E-state index in [2.05, 4.69) is 20.2 Å². The van der Waals surface area contributed by atoms with Crippen molar-refractivity contribution >= 4 is 21.5 Å². The van der Waals surface area contributed by atoms with E-state index in [1.807, 2.05) is 32.0 Å². The van der Waals surface area contributed by atoms with Crippen LogP contribution in [0.4, 0.5) is 11.5 Å². The molecule has 0 aliphatic rings. The maximum atomic E-state index is 12.1. The lowest BCUT2D eigenvalue weighted by Gasteiger charge is -2.13. The highest BCUT2D eigenvalue weighted by molar-refractivity contribution is 7.89. The number of anilines is 2. The summed E-state index contributed by atoms with van der Waals surface area (Å²) >= 11 is 0. The number of nitrogens with one attached hydrogen (secondary N) is 2. The molecule has 2 N–H and O–H groups in total. The second kappa shape index (κ2) is 7.38. The molecule has 23 heavy (non-hydrogen) atoms. The minimum absolute atomic E-state index is 0.254. The summed E-state index contributed by atoms with van der Waals surface area (Å²) < 4.78 is 26.8. The van der Waals surface area contributed by atoms with Crippen LogP contribution in [0.25, 0.3) is 0 Å². The minimum atomic E-state index is -3.49. The highest BCUT2D eigenvalue weighted by Gasteiger charge is 2.12. The molecule has 0 radical (unpaired) electrons. The molecule has 1 aromatic heterocycles. The van der Waals surface area contributed by atoms with Gasteiger partial charge in [-0.3, -0.25) is 0 Å². The van der Waals surface area contributed by atoms with Crippen molar-refractivity contribution in [2.24, 2.45) is 0 Å². The molecule has 124 valence electrons. The molecular weight excluding hydrogens is 314 g/mol. The van der Waals surface area contributed by atoms with Crippen molar-refractivity contribution in [2.75, 3.05) is 37.4 Å². The molecule has 1 heterocycles. The number of aryl methyl sites for hydroxylation is 1. The van der Waals surface area contributed by atoms with Crippen LogP contribution in [0.2, 0.25) is 0 Å². The molecule has 7 nitrogen and oxygen atoms in total. The normalized spacial score (nSPS) is 11.3. The predicted molar refractivity (Wildman–Crippen MR) is 91.2 cm³/mol.